The molecule has 1 aliphatic heterocycles. The molecule has 3 nitrogen and oxygen atoms in total. The van der Waals surface area contributed by atoms with E-state index in [4.69, 9.17) is 11.1 Å². The summed E-state index contributed by atoms with van der Waals surface area (Å²) in [4.78, 5) is 0. The molecule has 1 aromatic rings. The maximum Gasteiger partial charge on any atom is 0.0407 e. The van der Waals surface area contributed by atoms with E-state index >= 15 is 0 Å². The lowest BCUT2D eigenvalue weighted by Gasteiger charge is -2.38. The molecule has 0 aromatic heterocycles. The molecular weight excluding hydrogens is 222 g/mol. The second-order valence-electron chi connectivity index (χ2n) is 6.08. The van der Waals surface area contributed by atoms with Crippen LogP contribution in [0.3, 0.4) is 0 Å². The molecule has 3 aliphatic rings. The summed E-state index contributed by atoms with van der Waals surface area (Å²) in [5.41, 5.74) is 10.3. The van der Waals surface area contributed by atoms with Crippen LogP contribution in [0.5, 0.6) is 0 Å². The van der Waals surface area contributed by atoms with E-state index in [0.29, 0.717) is 5.92 Å². The second kappa shape index (κ2) is 3.50. The lowest BCUT2D eigenvalue weighted by molar-refractivity contribution is 0.294. The average molecular weight is 241 g/mol. The summed E-state index contributed by atoms with van der Waals surface area (Å²) in [5.74, 6) is 3.17. The Kier molecular flexibility index (Phi) is 2.02. The Balaban J connectivity index is 1.91. The number of benzene rings is 1. The highest BCUT2D eigenvalue weighted by Gasteiger charge is 2.50. The molecular formula is C15H19N3. The Morgan fingerprint density at radius 2 is 2.11 bits per heavy atom. The van der Waals surface area contributed by atoms with Gasteiger partial charge in [0.15, 0.2) is 0 Å². The quantitative estimate of drug-likeness (QED) is 0.523. The summed E-state index contributed by atoms with van der Waals surface area (Å²) < 4.78 is 0. The highest BCUT2D eigenvalue weighted by molar-refractivity contribution is 5.90. The molecule has 0 spiro atoms. The first kappa shape index (κ1) is 10.4. The number of nitrogens with one attached hydrogen (secondary N) is 2. The van der Waals surface area contributed by atoms with Crippen LogP contribution in [-0.2, 0) is 0 Å². The smallest absolute Gasteiger partial charge is 0.0407 e. The lowest BCUT2D eigenvalue weighted by atomic mass is 9.71. The molecule has 0 saturated heterocycles. The standard InChI is InChI=1S/C15H19N3/c16-6-10-12(17)3-4-13-15(10)14-9-2-1-8(5-9)11(14)7-18-13/h3-4,6,8-9,11,14,16,18H,1-2,5,7,17H2/t8-,9?,11+,14-/m0/s1. The van der Waals surface area contributed by atoms with Gasteiger partial charge in [-0.15, -0.1) is 0 Å². The Morgan fingerprint density at radius 1 is 1.28 bits per heavy atom. The normalized spacial score (nSPS) is 35.8. The largest absolute Gasteiger partial charge is 0.398 e. The molecule has 3 heteroatoms. The molecule has 0 amide bonds. The van der Waals surface area contributed by atoms with Gasteiger partial charge in [-0.3, -0.25) is 0 Å². The molecule has 18 heavy (non-hydrogen) atoms. The van der Waals surface area contributed by atoms with Crippen molar-refractivity contribution in [2.75, 3.05) is 17.6 Å². The van der Waals surface area contributed by atoms with E-state index in [1.807, 2.05) is 6.07 Å². The first-order valence-corrected chi connectivity index (χ1v) is 6.96. The minimum Gasteiger partial charge on any atom is -0.398 e. The van der Waals surface area contributed by atoms with Crippen molar-refractivity contribution in [3.63, 3.8) is 0 Å². The summed E-state index contributed by atoms with van der Waals surface area (Å²) in [6.07, 6.45) is 5.62. The van der Waals surface area contributed by atoms with E-state index in [1.54, 1.807) is 0 Å². The molecule has 2 aliphatic carbocycles. The molecule has 0 radical (unpaired) electrons. The third kappa shape index (κ3) is 1.17. The molecule has 2 fully saturated rings. The van der Waals surface area contributed by atoms with Crippen molar-refractivity contribution in [1.29, 1.82) is 5.41 Å². The Morgan fingerprint density at radius 3 is 2.94 bits per heavy atom. The van der Waals surface area contributed by atoms with Crippen molar-refractivity contribution >= 4 is 17.6 Å². The van der Waals surface area contributed by atoms with Crippen LogP contribution in [0.15, 0.2) is 12.1 Å². The molecule has 4 atom stereocenters. The van der Waals surface area contributed by atoms with Gasteiger partial charge in [0.2, 0.25) is 0 Å². The first-order chi connectivity index (χ1) is 8.79. The predicted octanol–water partition coefficient (Wildman–Crippen LogP) is 2.82. The molecule has 2 bridgehead atoms. The van der Waals surface area contributed by atoms with Gasteiger partial charge in [-0.2, -0.15) is 0 Å². The van der Waals surface area contributed by atoms with Crippen LogP contribution >= 0.6 is 0 Å². The number of fused-ring (bicyclic) bond motifs is 7. The Bertz CT molecular complexity index is 523. The van der Waals surface area contributed by atoms with Gasteiger partial charge < -0.3 is 16.5 Å². The summed E-state index contributed by atoms with van der Waals surface area (Å²) in [7, 11) is 0. The summed E-state index contributed by atoms with van der Waals surface area (Å²) in [5, 5.41) is 11.2. The molecule has 2 saturated carbocycles. The topological polar surface area (TPSA) is 61.9 Å². The van der Waals surface area contributed by atoms with Gasteiger partial charge in [-0.25, -0.2) is 0 Å². The highest BCUT2D eigenvalue weighted by Crippen LogP contribution is 2.60. The molecule has 4 N–H and O–H groups in total. The van der Waals surface area contributed by atoms with Crippen LogP contribution in [-0.4, -0.2) is 12.8 Å². The monoisotopic (exact) mass is 241 g/mol. The van der Waals surface area contributed by atoms with Crippen LogP contribution in [0.4, 0.5) is 11.4 Å². The predicted molar refractivity (Wildman–Crippen MR) is 74.3 cm³/mol. The number of anilines is 2. The number of hydrogen-bond acceptors (Lipinski definition) is 3. The van der Waals surface area contributed by atoms with E-state index in [1.165, 1.54) is 36.7 Å². The Labute approximate surface area is 107 Å². The molecule has 1 unspecified atom stereocenters. The van der Waals surface area contributed by atoms with Crippen LogP contribution in [0.2, 0.25) is 0 Å². The minimum absolute atomic E-state index is 0.653. The van der Waals surface area contributed by atoms with Gasteiger partial charge in [-0.1, -0.05) is 0 Å². The van der Waals surface area contributed by atoms with Crippen molar-refractivity contribution in [3.05, 3.63) is 23.3 Å². The third-order valence-electron chi connectivity index (χ3n) is 5.42. The van der Waals surface area contributed by atoms with Crippen LogP contribution in [0.1, 0.15) is 36.3 Å². The number of nitrogens with two attached hydrogens (primary N) is 1. The van der Waals surface area contributed by atoms with Gasteiger partial charge in [0.05, 0.1) is 0 Å². The highest BCUT2D eigenvalue weighted by atomic mass is 14.9. The average Bonchev–Trinajstić information content (AvgIpc) is 2.99. The third-order valence-corrected chi connectivity index (χ3v) is 5.42. The zero-order valence-corrected chi connectivity index (χ0v) is 10.4. The van der Waals surface area contributed by atoms with Crippen molar-refractivity contribution in [2.45, 2.75) is 25.2 Å². The fourth-order valence-electron chi connectivity index (χ4n) is 4.71. The van der Waals surface area contributed by atoms with Gasteiger partial charge in [0.1, 0.15) is 0 Å². The van der Waals surface area contributed by atoms with Gasteiger partial charge in [-0.05, 0) is 60.6 Å². The summed E-state index contributed by atoms with van der Waals surface area (Å²) in [6.45, 7) is 1.11. The van der Waals surface area contributed by atoms with Crippen LogP contribution in [0.25, 0.3) is 0 Å². The maximum absolute atomic E-state index is 7.68. The number of hydrogen-bond donors (Lipinski definition) is 3. The van der Waals surface area contributed by atoms with E-state index in [9.17, 15) is 0 Å². The fraction of sp³-hybridized carbons (Fsp3) is 0.533. The van der Waals surface area contributed by atoms with Crippen LogP contribution < -0.4 is 11.1 Å². The van der Waals surface area contributed by atoms with E-state index in [-0.39, 0.29) is 0 Å². The SMILES string of the molecule is N=Cc1c(N)ccc2c1[C@H]1C3CC[C@@H](C3)[C@H]1CN2. The molecule has 1 heterocycles. The van der Waals surface area contributed by atoms with Gasteiger partial charge >= 0.3 is 0 Å². The van der Waals surface area contributed by atoms with Gasteiger partial charge in [0, 0.05) is 29.7 Å². The minimum atomic E-state index is 0.653. The zero-order valence-electron chi connectivity index (χ0n) is 10.4. The first-order valence-electron chi connectivity index (χ1n) is 6.96. The molecule has 94 valence electrons. The van der Waals surface area contributed by atoms with Gasteiger partial charge in [0.25, 0.3) is 0 Å². The van der Waals surface area contributed by atoms with Crippen molar-refractivity contribution in [1.82, 2.24) is 0 Å². The lowest BCUT2D eigenvalue weighted by Crippen LogP contribution is -2.33. The van der Waals surface area contributed by atoms with Crippen molar-refractivity contribution in [2.24, 2.45) is 17.8 Å². The van der Waals surface area contributed by atoms with Crippen molar-refractivity contribution in [3.8, 4) is 0 Å². The molecule has 1 aromatic carbocycles. The van der Waals surface area contributed by atoms with E-state index in [2.05, 4.69) is 11.4 Å². The number of nitrogen functional groups attached to an aromatic ring is 1. The maximum atomic E-state index is 7.68. The Hall–Kier alpha value is -1.51. The fourth-order valence-corrected chi connectivity index (χ4v) is 4.71. The van der Waals surface area contributed by atoms with Crippen molar-refractivity contribution < 1.29 is 0 Å². The van der Waals surface area contributed by atoms with E-state index in [0.717, 1.165) is 35.5 Å². The zero-order chi connectivity index (χ0) is 12.3. The summed E-state index contributed by atoms with van der Waals surface area (Å²) >= 11 is 0. The van der Waals surface area contributed by atoms with E-state index < -0.39 is 0 Å². The summed E-state index contributed by atoms with van der Waals surface area (Å²) in [6, 6.07) is 4.03. The molecule has 4 rings (SSSR count). The van der Waals surface area contributed by atoms with Crippen LogP contribution in [0, 0.1) is 23.2 Å². The second-order valence-corrected chi connectivity index (χ2v) is 6.08. The number of rotatable bonds is 1.